The topological polar surface area (TPSA) is 46.6 Å². The zero-order chi connectivity index (χ0) is 19.1. The third-order valence-corrected chi connectivity index (χ3v) is 4.47. The van der Waals surface area contributed by atoms with Gasteiger partial charge in [0, 0.05) is 13.1 Å². The Morgan fingerprint density at radius 1 is 0.852 bits per heavy atom. The lowest BCUT2D eigenvalue weighted by Gasteiger charge is -2.20. The highest BCUT2D eigenvalue weighted by molar-refractivity contribution is 5.85. The van der Waals surface area contributed by atoms with E-state index in [1.54, 1.807) is 4.90 Å². The molecule has 0 saturated heterocycles. The lowest BCUT2D eigenvalue weighted by molar-refractivity contribution is -0.151. The number of ether oxygens (including phenoxy) is 1. The van der Waals surface area contributed by atoms with E-state index in [0.29, 0.717) is 13.1 Å². The standard InChI is InChI=1S/C23H23NO3/c1-2-24(16-18-8-4-3-5-9-18)22(25)17-27-23(26)15-19-12-13-20-10-6-7-11-21(20)14-19/h3-14H,2,15-17H2,1H3. The SMILES string of the molecule is CCN(Cc1ccccc1)C(=O)COC(=O)Cc1ccc2ccccc2c1. The molecule has 0 heterocycles. The van der Waals surface area contributed by atoms with E-state index in [1.807, 2.05) is 79.7 Å². The first-order chi connectivity index (χ1) is 13.2. The van der Waals surface area contributed by atoms with E-state index in [1.165, 1.54) is 0 Å². The van der Waals surface area contributed by atoms with E-state index < -0.39 is 5.97 Å². The Hall–Kier alpha value is -3.14. The van der Waals surface area contributed by atoms with Crippen molar-refractivity contribution in [2.45, 2.75) is 19.9 Å². The summed E-state index contributed by atoms with van der Waals surface area (Å²) in [6.45, 7) is 2.76. The predicted octanol–water partition coefficient (Wildman–Crippen LogP) is 3.97. The fraction of sp³-hybridized carbons (Fsp3) is 0.217. The van der Waals surface area contributed by atoms with Gasteiger partial charge in [-0.15, -0.1) is 0 Å². The number of hydrogen-bond donors (Lipinski definition) is 0. The average molecular weight is 361 g/mol. The van der Waals surface area contributed by atoms with Crippen molar-refractivity contribution in [2.24, 2.45) is 0 Å². The highest BCUT2D eigenvalue weighted by Crippen LogP contribution is 2.16. The van der Waals surface area contributed by atoms with Crippen molar-refractivity contribution in [3.05, 3.63) is 83.9 Å². The third-order valence-electron chi connectivity index (χ3n) is 4.47. The number of amides is 1. The number of carbonyl (C=O) groups excluding carboxylic acids is 2. The van der Waals surface area contributed by atoms with Crippen LogP contribution in [-0.2, 0) is 27.3 Å². The van der Waals surface area contributed by atoms with E-state index in [4.69, 9.17) is 4.74 Å². The minimum Gasteiger partial charge on any atom is -0.455 e. The molecule has 27 heavy (non-hydrogen) atoms. The van der Waals surface area contributed by atoms with Crippen LogP contribution < -0.4 is 0 Å². The van der Waals surface area contributed by atoms with Gasteiger partial charge < -0.3 is 9.64 Å². The van der Waals surface area contributed by atoms with E-state index in [0.717, 1.165) is 21.9 Å². The van der Waals surface area contributed by atoms with Crippen molar-refractivity contribution in [1.29, 1.82) is 0 Å². The smallest absolute Gasteiger partial charge is 0.310 e. The van der Waals surface area contributed by atoms with E-state index >= 15 is 0 Å². The molecular formula is C23H23NO3. The summed E-state index contributed by atoms with van der Waals surface area (Å²) in [7, 11) is 0. The Bertz CT molecular complexity index is 921. The highest BCUT2D eigenvalue weighted by Gasteiger charge is 2.15. The minimum atomic E-state index is -0.394. The molecule has 0 aliphatic carbocycles. The average Bonchev–Trinajstić information content (AvgIpc) is 2.71. The van der Waals surface area contributed by atoms with Gasteiger partial charge in [-0.3, -0.25) is 9.59 Å². The van der Waals surface area contributed by atoms with Gasteiger partial charge in [0.2, 0.25) is 0 Å². The minimum absolute atomic E-state index is 0.156. The van der Waals surface area contributed by atoms with Crippen LogP contribution >= 0.6 is 0 Å². The molecule has 0 radical (unpaired) electrons. The van der Waals surface area contributed by atoms with Crippen molar-refractivity contribution in [2.75, 3.05) is 13.2 Å². The molecule has 0 saturated carbocycles. The zero-order valence-corrected chi connectivity index (χ0v) is 15.4. The fourth-order valence-electron chi connectivity index (χ4n) is 2.98. The molecule has 0 N–H and O–H groups in total. The van der Waals surface area contributed by atoms with Gasteiger partial charge in [0.05, 0.1) is 6.42 Å². The Balaban J connectivity index is 1.53. The number of esters is 1. The number of rotatable bonds is 7. The number of hydrogen-bond acceptors (Lipinski definition) is 3. The molecule has 1 amide bonds. The van der Waals surface area contributed by atoms with Crippen LogP contribution in [0.15, 0.2) is 72.8 Å². The van der Waals surface area contributed by atoms with Crippen molar-refractivity contribution in [3.63, 3.8) is 0 Å². The van der Waals surface area contributed by atoms with E-state index in [9.17, 15) is 9.59 Å². The summed E-state index contributed by atoms with van der Waals surface area (Å²) in [6, 6.07) is 23.6. The Labute approximate surface area is 159 Å². The molecular weight excluding hydrogens is 338 g/mol. The molecule has 0 atom stereocenters. The summed E-state index contributed by atoms with van der Waals surface area (Å²) in [5, 5.41) is 2.21. The summed E-state index contributed by atoms with van der Waals surface area (Å²) in [4.78, 5) is 26.2. The number of likely N-dealkylation sites (N-methyl/N-ethyl adjacent to an activating group) is 1. The molecule has 0 aliphatic rings. The first-order valence-corrected chi connectivity index (χ1v) is 9.10. The summed E-state index contributed by atoms with van der Waals surface area (Å²) in [5.74, 6) is -0.581. The van der Waals surface area contributed by atoms with Crippen LogP contribution in [0.3, 0.4) is 0 Å². The lowest BCUT2D eigenvalue weighted by Crippen LogP contribution is -2.34. The molecule has 138 valence electrons. The van der Waals surface area contributed by atoms with Gasteiger partial charge in [0.25, 0.3) is 5.91 Å². The quantitative estimate of drug-likeness (QED) is 0.598. The third kappa shape index (κ3) is 5.17. The first-order valence-electron chi connectivity index (χ1n) is 9.10. The molecule has 4 heteroatoms. The predicted molar refractivity (Wildman–Crippen MR) is 106 cm³/mol. The largest absolute Gasteiger partial charge is 0.455 e. The molecule has 0 aliphatic heterocycles. The first kappa shape index (κ1) is 18.6. The van der Waals surface area contributed by atoms with Gasteiger partial charge in [-0.2, -0.15) is 0 Å². The Morgan fingerprint density at radius 3 is 2.30 bits per heavy atom. The molecule has 0 aromatic heterocycles. The van der Waals surface area contributed by atoms with E-state index in [-0.39, 0.29) is 18.9 Å². The van der Waals surface area contributed by atoms with Gasteiger partial charge in [0.15, 0.2) is 6.61 Å². The van der Waals surface area contributed by atoms with Crippen molar-refractivity contribution < 1.29 is 14.3 Å². The molecule has 4 nitrogen and oxygen atoms in total. The maximum absolute atomic E-state index is 12.4. The second kappa shape index (κ2) is 8.99. The molecule has 0 unspecified atom stereocenters. The summed E-state index contributed by atoms with van der Waals surface area (Å²) < 4.78 is 5.21. The molecule has 3 aromatic carbocycles. The monoisotopic (exact) mass is 361 g/mol. The van der Waals surface area contributed by atoms with Crippen LogP contribution in [0.4, 0.5) is 0 Å². The van der Waals surface area contributed by atoms with E-state index in [2.05, 4.69) is 0 Å². The molecule has 0 fully saturated rings. The zero-order valence-electron chi connectivity index (χ0n) is 15.4. The molecule has 3 aromatic rings. The lowest BCUT2D eigenvalue weighted by atomic mass is 10.1. The van der Waals surface area contributed by atoms with Crippen molar-refractivity contribution in [1.82, 2.24) is 4.90 Å². The van der Waals surface area contributed by atoms with Gasteiger partial charge >= 0.3 is 5.97 Å². The van der Waals surface area contributed by atoms with Crippen LogP contribution in [0.1, 0.15) is 18.1 Å². The van der Waals surface area contributed by atoms with Crippen molar-refractivity contribution >= 4 is 22.6 Å². The summed E-state index contributed by atoms with van der Waals surface area (Å²) in [6.07, 6.45) is 0.156. The van der Waals surface area contributed by atoms with Gasteiger partial charge in [-0.25, -0.2) is 0 Å². The Morgan fingerprint density at radius 2 is 1.56 bits per heavy atom. The second-order valence-electron chi connectivity index (χ2n) is 6.41. The number of benzene rings is 3. The molecule has 3 rings (SSSR count). The van der Waals surface area contributed by atoms with Gasteiger partial charge in [-0.05, 0) is 28.8 Å². The highest BCUT2D eigenvalue weighted by atomic mass is 16.5. The van der Waals surface area contributed by atoms with Crippen LogP contribution in [0, 0.1) is 0 Å². The van der Waals surface area contributed by atoms with Crippen LogP contribution in [0.2, 0.25) is 0 Å². The maximum atomic E-state index is 12.4. The molecule has 0 bridgehead atoms. The Kier molecular flexibility index (Phi) is 6.21. The second-order valence-corrected chi connectivity index (χ2v) is 6.41. The van der Waals surface area contributed by atoms with Crippen LogP contribution in [0.5, 0.6) is 0 Å². The molecule has 0 spiro atoms. The van der Waals surface area contributed by atoms with Crippen LogP contribution in [-0.4, -0.2) is 29.9 Å². The number of nitrogens with zero attached hydrogens (tertiary/aromatic N) is 1. The normalized spacial score (nSPS) is 10.6. The van der Waals surface area contributed by atoms with Gasteiger partial charge in [-0.1, -0.05) is 72.8 Å². The summed E-state index contributed by atoms with van der Waals surface area (Å²) in [5.41, 5.74) is 1.93. The fourth-order valence-corrected chi connectivity index (χ4v) is 2.98. The van der Waals surface area contributed by atoms with Crippen LogP contribution in [0.25, 0.3) is 10.8 Å². The summed E-state index contributed by atoms with van der Waals surface area (Å²) >= 11 is 0. The number of carbonyl (C=O) groups is 2. The van der Waals surface area contributed by atoms with Gasteiger partial charge in [0.1, 0.15) is 0 Å². The van der Waals surface area contributed by atoms with Crippen molar-refractivity contribution in [3.8, 4) is 0 Å². The number of fused-ring (bicyclic) bond motifs is 1. The maximum Gasteiger partial charge on any atom is 0.310 e.